The van der Waals surface area contributed by atoms with Gasteiger partial charge in [-0.15, -0.1) is 11.3 Å². The van der Waals surface area contributed by atoms with E-state index < -0.39 is 0 Å². The minimum atomic E-state index is -0.161. The van der Waals surface area contributed by atoms with E-state index in [-0.39, 0.29) is 5.82 Å². The molecule has 0 spiro atoms. The smallest absolute Gasteiger partial charge is 0.191 e. The van der Waals surface area contributed by atoms with Crippen LogP contribution < -0.4 is 15.5 Å². The SMILES string of the molecule is CCN1CCN(c2ccc(CNC(=NC)NCc3nc(C)c(C)s3)cc2F)CC1. The maximum absolute atomic E-state index is 14.7. The Kier molecular flexibility index (Phi) is 7.44. The van der Waals surface area contributed by atoms with Crippen LogP contribution >= 0.6 is 11.3 Å². The number of nitrogens with zero attached hydrogens (tertiary/aromatic N) is 4. The average Bonchev–Trinajstić information content (AvgIpc) is 3.06. The monoisotopic (exact) mass is 418 g/mol. The van der Waals surface area contributed by atoms with E-state index in [4.69, 9.17) is 0 Å². The number of piperazine rings is 1. The highest BCUT2D eigenvalue weighted by Crippen LogP contribution is 2.22. The third-order valence-electron chi connectivity index (χ3n) is 5.34. The van der Waals surface area contributed by atoms with Crippen molar-refractivity contribution in [2.75, 3.05) is 44.7 Å². The molecule has 29 heavy (non-hydrogen) atoms. The summed E-state index contributed by atoms with van der Waals surface area (Å²) in [6.07, 6.45) is 0. The van der Waals surface area contributed by atoms with Crippen LogP contribution in [0.1, 0.15) is 28.1 Å². The zero-order chi connectivity index (χ0) is 20.8. The fourth-order valence-electron chi connectivity index (χ4n) is 3.40. The number of thiazole rings is 1. The molecular weight excluding hydrogens is 387 g/mol. The maximum Gasteiger partial charge on any atom is 0.191 e. The quantitative estimate of drug-likeness (QED) is 0.558. The first-order chi connectivity index (χ1) is 14.0. The van der Waals surface area contributed by atoms with Gasteiger partial charge in [-0.2, -0.15) is 0 Å². The first-order valence-corrected chi connectivity index (χ1v) is 10.9. The summed E-state index contributed by atoms with van der Waals surface area (Å²) in [5.74, 6) is 0.515. The van der Waals surface area contributed by atoms with E-state index in [0.717, 1.165) is 49.0 Å². The normalized spacial score (nSPS) is 15.6. The largest absolute Gasteiger partial charge is 0.367 e. The molecule has 1 fully saturated rings. The van der Waals surface area contributed by atoms with Gasteiger partial charge in [0.1, 0.15) is 10.8 Å². The lowest BCUT2D eigenvalue weighted by molar-refractivity contribution is 0.270. The summed E-state index contributed by atoms with van der Waals surface area (Å²) in [6.45, 7) is 12.2. The van der Waals surface area contributed by atoms with Crippen LogP contribution in [0.2, 0.25) is 0 Å². The Balaban J connectivity index is 1.52. The lowest BCUT2D eigenvalue weighted by atomic mass is 10.1. The van der Waals surface area contributed by atoms with Crippen molar-refractivity contribution < 1.29 is 4.39 Å². The molecule has 2 N–H and O–H groups in total. The van der Waals surface area contributed by atoms with Gasteiger partial charge in [-0.25, -0.2) is 9.37 Å². The van der Waals surface area contributed by atoms with Gasteiger partial charge in [0.25, 0.3) is 0 Å². The van der Waals surface area contributed by atoms with Gasteiger partial charge in [-0.1, -0.05) is 13.0 Å². The van der Waals surface area contributed by atoms with Crippen molar-refractivity contribution in [2.24, 2.45) is 4.99 Å². The van der Waals surface area contributed by atoms with Crippen molar-refractivity contribution in [1.29, 1.82) is 0 Å². The first kappa shape index (κ1) is 21.5. The van der Waals surface area contributed by atoms with E-state index in [9.17, 15) is 4.39 Å². The molecule has 2 heterocycles. The predicted molar refractivity (Wildman–Crippen MR) is 119 cm³/mol. The van der Waals surface area contributed by atoms with Crippen LogP contribution in [0.4, 0.5) is 10.1 Å². The predicted octanol–water partition coefficient (Wildman–Crippen LogP) is 2.91. The number of likely N-dealkylation sites (N-methyl/N-ethyl adjacent to an activating group) is 1. The van der Waals surface area contributed by atoms with Gasteiger partial charge >= 0.3 is 0 Å². The van der Waals surface area contributed by atoms with Crippen LogP contribution in [0.15, 0.2) is 23.2 Å². The summed E-state index contributed by atoms with van der Waals surface area (Å²) in [5, 5.41) is 7.54. The number of hydrogen-bond donors (Lipinski definition) is 2. The standard InChI is InChI=1S/C21H31FN6S/c1-5-27-8-10-28(11-9-27)19-7-6-17(12-18(19)22)13-24-21(23-4)25-14-20-26-15(2)16(3)29-20/h6-7,12H,5,8-11,13-14H2,1-4H3,(H2,23,24,25). The second-order valence-electron chi connectivity index (χ2n) is 7.24. The molecule has 0 amide bonds. The molecule has 1 aliphatic rings. The van der Waals surface area contributed by atoms with Gasteiger partial charge in [-0.05, 0) is 38.1 Å². The zero-order valence-electron chi connectivity index (χ0n) is 17.8. The van der Waals surface area contributed by atoms with Crippen LogP contribution in [-0.2, 0) is 13.1 Å². The van der Waals surface area contributed by atoms with Crippen molar-refractivity contribution in [1.82, 2.24) is 20.5 Å². The lowest BCUT2D eigenvalue weighted by Crippen LogP contribution is -2.46. The summed E-state index contributed by atoms with van der Waals surface area (Å²) in [5.41, 5.74) is 2.66. The zero-order valence-corrected chi connectivity index (χ0v) is 18.6. The second kappa shape index (κ2) is 10.0. The molecule has 8 heteroatoms. The molecule has 2 aromatic rings. The highest BCUT2D eigenvalue weighted by atomic mass is 32.1. The fraction of sp³-hybridized carbons (Fsp3) is 0.524. The Labute approximate surface area is 176 Å². The van der Waals surface area contributed by atoms with Crippen molar-refractivity contribution in [3.63, 3.8) is 0 Å². The number of aromatic nitrogens is 1. The minimum absolute atomic E-state index is 0.161. The first-order valence-electron chi connectivity index (χ1n) is 10.1. The summed E-state index contributed by atoms with van der Waals surface area (Å²) in [4.78, 5) is 14.5. The topological polar surface area (TPSA) is 55.8 Å². The molecule has 3 rings (SSSR count). The summed E-state index contributed by atoms with van der Waals surface area (Å²) < 4.78 is 14.7. The molecule has 158 valence electrons. The Morgan fingerprint density at radius 1 is 1.17 bits per heavy atom. The third kappa shape index (κ3) is 5.67. The summed E-state index contributed by atoms with van der Waals surface area (Å²) >= 11 is 1.69. The van der Waals surface area contributed by atoms with Gasteiger partial charge in [0.2, 0.25) is 0 Å². The molecule has 0 unspecified atom stereocenters. The third-order valence-corrected chi connectivity index (χ3v) is 6.41. The summed E-state index contributed by atoms with van der Waals surface area (Å²) in [7, 11) is 1.73. The van der Waals surface area contributed by atoms with Gasteiger partial charge in [0.15, 0.2) is 5.96 Å². The molecule has 1 saturated heterocycles. The lowest BCUT2D eigenvalue weighted by Gasteiger charge is -2.35. The van der Waals surface area contributed by atoms with Crippen molar-refractivity contribution in [3.8, 4) is 0 Å². The molecule has 1 aromatic heterocycles. The molecule has 1 aromatic carbocycles. The van der Waals surface area contributed by atoms with E-state index in [1.165, 1.54) is 4.88 Å². The van der Waals surface area contributed by atoms with Gasteiger partial charge in [0.05, 0.1) is 17.9 Å². The van der Waals surface area contributed by atoms with E-state index in [1.807, 2.05) is 19.1 Å². The number of rotatable bonds is 6. The molecule has 0 bridgehead atoms. The second-order valence-corrected chi connectivity index (χ2v) is 8.52. The van der Waals surface area contributed by atoms with E-state index in [2.05, 4.69) is 44.3 Å². The maximum atomic E-state index is 14.7. The van der Waals surface area contributed by atoms with Gasteiger partial charge in [-0.3, -0.25) is 4.99 Å². The Morgan fingerprint density at radius 3 is 2.48 bits per heavy atom. The molecular formula is C21H31FN6S. The minimum Gasteiger partial charge on any atom is -0.367 e. The van der Waals surface area contributed by atoms with Crippen molar-refractivity contribution in [3.05, 3.63) is 45.2 Å². The van der Waals surface area contributed by atoms with Crippen molar-refractivity contribution in [2.45, 2.75) is 33.9 Å². The molecule has 0 atom stereocenters. The van der Waals surface area contributed by atoms with Crippen LogP contribution in [0.3, 0.4) is 0 Å². The number of hydrogen-bond acceptors (Lipinski definition) is 5. The number of anilines is 1. The summed E-state index contributed by atoms with van der Waals surface area (Å²) in [6, 6.07) is 5.50. The fourth-order valence-corrected chi connectivity index (χ4v) is 4.28. The highest BCUT2D eigenvalue weighted by Gasteiger charge is 2.18. The van der Waals surface area contributed by atoms with Crippen molar-refractivity contribution >= 4 is 23.0 Å². The Morgan fingerprint density at radius 2 is 1.90 bits per heavy atom. The van der Waals surface area contributed by atoms with E-state index >= 15 is 0 Å². The van der Waals surface area contributed by atoms with E-state index in [0.29, 0.717) is 24.7 Å². The molecule has 6 nitrogen and oxygen atoms in total. The number of aliphatic imine (C=N–C) groups is 1. The Hall–Kier alpha value is -2.19. The average molecular weight is 419 g/mol. The van der Waals surface area contributed by atoms with Crippen LogP contribution in [0.5, 0.6) is 0 Å². The number of aryl methyl sites for hydroxylation is 2. The van der Waals surface area contributed by atoms with Gasteiger partial charge in [0, 0.05) is 44.6 Å². The molecule has 1 aliphatic heterocycles. The molecule has 0 aliphatic carbocycles. The number of guanidine groups is 1. The number of nitrogens with one attached hydrogen (secondary N) is 2. The highest BCUT2D eigenvalue weighted by molar-refractivity contribution is 7.11. The van der Waals surface area contributed by atoms with E-state index in [1.54, 1.807) is 24.5 Å². The van der Waals surface area contributed by atoms with Crippen LogP contribution in [0, 0.1) is 19.7 Å². The molecule has 0 radical (unpaired) electrons. The number of benzene rings is 1. The molecule has 0 saturated carbocycles. The van der Waals surface area contributed by atoms with Crippen LogP contribution in [-0.4, -0.2) is 55.6 Å². The van der Waals surface area contributed by atoms with Gasteiger partial charge < -0.3 is 20.4 Å². The van der Waals surface area contributed by atoms with Crippen LogP contribution in [0.25, 0.3) is 0 Å². The Bertz CT molecular complexity index is 822. The number of halogens is 1.